The van der Waals surface area contributed by atoms with Gasteiger partial charge in [-0.2, -0.15) is 0 Å². The van der Waals surface area contributed by atoms with Gasteiger partial charge in [-0.3, -0.25) is 9.59 Å². The summed E-state index contributed by atoms with van der Waals surface area (Å²) in [6.45, 7) is 4.20. The molecular formula is C29H37N3O6. The zero-order valence-corrected chi connectivity index (χ0v) is 22.0. The van der Waals surface area contributed by atoms with Crippen molar-refractivity contribution in [2.24, 2.45) is 5.92 Å². The summed E-state index contributed by atoms with van der Waals surface area (Å²) in [6.07, 6.45) is 3.08. The van der Waals surface area contributed by atoms with Crippen molar-refractivity contribution in [1.29, 1.82) is 0 Å². The van der Waals surface area contributed by atoms with Gasteiger partial charge < -0.3 is 30.2 Å². The Morgan fingerprint density at radius 2 is 1.76 bits per heavy atom. The molecule has 0 aliphatic carbocycles. The number of alkyl carbamates (subject to hydrolysis) is 1. The summed E-state index contributed by atoms with van der Waals surface area (Å²) < 4.78 is 11.1. The number of carbonyl (C=O) groups excluding carboxylic acids is 4. The molecule has 3 amide bonds. The highest BCUT2D eigenvalue weighted by atomic mass is 16.5. The first-order valence-corrected chi connectivity index (χ1v) is 13.1. The molecule has 38 heavy (non-hydrogen) atoms. The van der Waals surface area contributed by atoms with Gasteiger partial charge in [-0.1, -0.05) is 62.7 Å². The van der Waals surface area contributed by atoms with Gasteiger partial charge in [-0.25, -0.2) is 4.79 Å². The summed E-state index contributed by atoms with van der Waals surface area (Å²) in [5, 5.41) is 8.17. The summed E-state index contributed by atoms with van der Waals surface area (Å²) in [6, 6.07) is 14.0. The lowest BCUT2D eigenvalue weighted by Gasteiger charge is -2.26. The van der Waals surface area contributed by atoms with Gasteiger partial charge in [-0.15, -0.1) is 0 Å². The predicted molar refractivity (Wildman–Crippen MR) is 142 cm³/mol. The second-order valence-corrected chi connectivity index (χ2v) is 9.79. The Bertz CT molecular complexity index is 1060. The Labute approximate surface area is 223 Å². The van der Waals surface area contributed by atoms with E-state index in [1.54, 1.807) is 0 Å². The van der Waals surface area contributed by atoms with Crippen LogP contribution in [0.15, 0.2) is 54.6 Å². The maximum atomic E-state index is 13.4. The van der Waals surface area contributed by atoms with E-state index in [0.29, 0.717) is 18.8 Å². The van der Waals surface area contributed by atoms with Crippen LogP contribution in [-0.4, -0.2) is 48.9 Å². The zero-order valence-electron chi connectivity index (χ0n) is 22.0. The number of rotatable bonds is 5. The standard InChI is InChI=1S/C29H37N3O6/c1-20(2)26-28(35)30-23(18-33)11-7-4-8-16-37-24-14-12-21(13-15-24)17-25(27(34)32-26)31-29(36)38-19-22-9-5-3-6-10-22/h3,5-6,9-10,12-15,18,20,23,25-26H,4,7-8,11,16-17,19H2,1-2H3,(H,30,35)(H,31,36)(H,32,34)/t23-,25?,26-/m0/s1. The minimum atomic E-state index is -1.00. The van der Waals surface area contributed by atoms with E-state index in [9.17, 15) is 19.2 Å². The van der Waals surface area contributed by atoms with Gasteiger partial charge in [0.25, 0.3) is 0 Å². The van der Waals surface area contributed by atoms with E-state index >= 15 is 0 Å². The molecule has 0 aromatic heterocycles. The van der Waals surface area contributed by atoms with E-state index in [2.05, 4.69) is 16.0 Å². The number of nitrogens with one attached hydrogen (secondary N) is 3. The lowest BCUT2D eigenvalue weighted by molar-refractivity contribution is -0.132. The van der Waals surface area contributed by atoms with Gasteiger partial charge in [0, 0.05) is 6.42 Å². The summed E-state index contributed by atoms with van der Waals surface area (Å²) in [5.41, 5.74) is 1.61. The number of amides is 3. The van der Waals surface area contributed by atoms with E-state index in [1.165, 1.54) is 0 Å². The molecular weight excluding hydrogens is 486 g/mol. The Balaban J connectivity index is 1.79. The fourth-order valence-electron chi connectivity index (χ4n) is 4.14. The maximum Gasteiger partial charge on any atom is 0.408 e. The Morgan fingerprint density at radius 3 is 2.45 bits per heavy atom. The van der Waals surface area contributed by atoms with Crippen molar-refractivity contribution in [2.75, 3.05) is 6.61 Å². The first-order valence-electron chi connectivity index (χ1n) is 13.1. The predicted octanol–water partition coefficient (Wildman–Crippen LogP) is 3.30. The molecule has 3 N–H and O–H groups in total. The molecule has 0 fully saturated rings. The molecule has 2 aromatic carbocycles. The van der Waals surface area contributed by atoms with Crippen LogP contribution < -0.4 is 20.7 Å². The molecule has 2 aliphatic rings. The van der Waals surface area contributed by atoms with Gasteiger partial charge >= 0.3 is 6.09 Å². The first kappa shape index (κ1) is 28.7. The molecule has 0 saturated heterocycles. The number of hydrogen-bond acceptors (Lipinski definition) is 6. The van der Waals surface area contributed by atoms with Crippen LogP contribution in [0.2, 0.25) is 0 Å². The highest BCUT2D eigenvalue weighted by Crippen LogP contribution is 2.16. The first-order chi connectivity index (χ1) is 18.4. The minimum Gasteiger partial charge on any atom is -0.494 e. The Morgan fingerprint density at radius 1 is 1.03 bits per heavy atom. The summed E-state index contributed by atoms with van der Waals surface area (Å²) in [5.74, 6) is -0.507. The summed E-state index contributed by atoms with van der Waals surface area (Å²) in [7, 11) is 0. The monoisotopic (exact) mass is 523 g/mol. The van der Waals surface area contributed by atoms with Crippen LogP contribution in [0.1, 0.15) is 50.7 Å². The van der Waals surface area contributed by atoms with Crippen LogP contribution in [0.3, 0.4) is 0 Å². The average molecular weight is 524 g/mol. The number of aldehydes is 1. The van der Waals surface area contributed by atoms with Crippen molar-refractivity contribution in [3.8, 4) is 5.75 Å². The number of hydrogen-bond donors (Lipinski definition) is 3. The molecule has 0 saturated carbocycles. The second-order valence-electron chi connectivity index (χ2n) is 9.79. The summed E-state index contributed by atoms with van der Waals surface area (Å²) >= 11 is 0. The van der Waals surface area contributed by atoms with Crippen LogP contribution in [0.5, 0.6) is 5.75 Å². The minimum absolute atomic E-state index is 0.0527. The van der Waals surface area contributed by atoms with Crippen LogP contribution >= 0.6 is 0 Å². The van der Waals surface area contributed by atoms with Gasteiger partial charge in [-0.05, 0) is 48.4 Å². The third kappa shape index (κ3) is 9.21. The van der Waals surface area contributed by atoms with E-state index in [4.69, 9.17) is 9.47 Å². The van der Waals surface area contributed by atoms with Crippen LogP contribution in [0.25, 0.3) is 0 Å². The highest BCUT2D eigenvalue weighted by molar-refractivity contribution is 5.92. The van der Waals surface area contributed by atoms with E-state index < -0.39 is 36.0 Å². The quantitative estimate of drug-likeness (QED) is 0.517. The SMILES string of the molecule is CC(C)[C@@H]1NC(=O)C(NC(=O)OCc2ccccc2)Cc2ccc(cc2)OCCCCC[C@@H](C=O)NC1=O. The van der Waals surface area contributed by atoms with Crippen molar-refractivity contribution < 1.29 is 28.7 Å². The van der Waals surface area contributed by atoms with Crippen molar-refractivity contribution in [3.05, 3.63) is 65.7 Å². The lowest BCUT2D eigenvalue weighted by Crippen LogP contribution is -2.57. The fourth-order valence-corrected chi connectivity index (χ4v) is 4.14. The number of ether oxygens (including phenoxy) is 2. The fraction of sp³-hybridized carbons (Fsp3) is 0.448. The Hall–Kier alpha value is -3.88. The average Bonchev–Trinajstić information content (AvgIpc) is 2.91. The third-order valence-electron chi connectivity index (χ3n) is 6.35. The van der Waals surface area contributed by atoms with Crippen molar-refractivity contribution in [2.45, 2.75) is 70.7 Å². The largest absolute Gasteiger partial charge is 0.494 e. The van der Waals surface area contributed by atoms with Gasteiger partial charge in [0.2, 0.25) is 11.8 Å². The van der Waals surface area contributed by atoms with Crippen LogP contribution in [0.4, 0.5) is 4.79 Å². The molecule has 204 valence electrons. The zero-order chi connectivity index (χ0) is 27.3. The van der Waals surface area contributed by atoms with Gasteiger partial charge in [0.15, 0.2) is 0 Å². The molecule has 2 aliphatic heterocycles. The molecule has 9 nitrogen and oxygen atoms in total. The molecule has 3 atom stereocenters. The highest BCUT2D eigenvalue weighted by Gasteiger charge is 2.30. The number of benzene rings is 2. The van der Waals surface area contributed by atoms with Crippen molar-refractivity contribution in [1.82, 2.24) is 16.0 Å². The van der Waals surface area contributed by atoms with Crippen LogP contribution in [0, 0.1) is 5.92 Å². The second kappa shape index (κ2) is 14.8. The molecule has 2 bridgehead atoms. The molecule has 2 heterocycles. The number of carbonyl (C=O) groups is 4. The van der Waals surface area contributed by atoms with Crippen molar-refractivity contribution in [3.63, 3.8) is 0 Å². The van der Waals surface area contributed by atoms with E-state index in [0.717, 1.165) is 36.7 Å². The number of fused-ring (bicyclic) bond motifs is 15. The maximum absolute atomic E-state index is 13.4. The van der Waals surface area contributed by atoms with Crippen molar-refractivity contribution >= 4 is 24.2 Å². The molecule has 0 radical (unpaired) electrons. The summed E-state index contributed by atoms with van der Waals surface area (Å²) in [4.78, 5) is 50.6. The molecule has 9 heteroatoms. The molecule has 0 spiro atoms. The third-order valence-corrected chi connectivity index (χ3v) is 6.35. The van der Waals surface area contributed by atoms with Crippen LogP contribution in [-0.2, 0) is 32.1 Å². The lowest BCUT2D eigenvalue weighted by atomic mass is 10.00. The van der Waals surface area contributed by atoms with E-state index in [-0.39, 0.29) is 18.9 Å². The van der Waals surface area contributed by atoms with Gasteiger partial charge in [0.1, 0.15) is 30.7 Å². The topological polar surface area (TPSA) is 123 Å². The Kier molecular flexibility index (Phi) is 11.1. The van der Waals surface area contributed by atoms with E-state index in [1.807, 2.05) is 68.4 Å². The normalized spacial score (nSPS) is 21.3. The smallest absolute Gasteiger partial charge is 0.408 e. The van der Waals surface area contributed by atoms with Gasteiger partial charge in [0.05, 0.1) is 12.6 Å². The molecule has 2 aromatic rings. The molecule has 1 unspecified atom stereocenters. The molecule has 4 rings (SSSR count).